The lowest BCUT2D eigenvalue weighted by atomic mass is 9.94. The Labute approximate surface area is 179 Å². The number of nitrogens with zero attached hydrogens (tertiary/aromatic N) is 2. The number of benzene rings is 1. The summed E-state index contributed by atoms with van der Waals surface area (Å²) in [5.41, 5.74) is 1.29. The van der Waals surface area contributed by atoms with Gasteiger partial charge in [-0.2, -0.15) is 0 Å². The Kier molecular flexibility index (Phi) is 6.70. The van der Waals surface area contributed by atoms with Crippen LogP contribution >= 0.6 is 0 Å². The highest BCUT2D eigenvalue weighted by Crippen LogP contribution is 2.27. The molecule has 0 bridgehead atoms. The molecule has 2 aliphatic heterocycles. The summed E-state index contributed by atoms with van der Waals surface area (Å²) < 4.78 is 0. The van der Waals surface area contributed by atoms with Gasteiger partial charge >= 0.3 is 6.03 Å². The molecule has 0 aromatic heterocycles. The molecule has 162 valence electrons. The van der Waals surface area contributed by atoms with E-state index in [4.69, 9.17) is 0 Å². The quantitative estimate of drug-likeness (QED) is 0.727. The number of likely N-dealkylation sites (tertiary alicyclic amines) is 1. The van der Waals surface area contributed by atoms with Gasteiger partial charge in [0.2, 0.25) is 5.91 Å². The molecule has 1 saturated carbocycles. The van der Waals surface area contributed by atoms with Crippen LogP contribution in [0.15, 0.2) is 30.3 Å². The molecule has 3 aliphatic rings. The Morgan fingerprint density at radius 1 is 0.967 bits per heavy atom. The molecule has 2 heterocycles. The second kappa shape index (κ2) is 9.63. The Balaban J connectivity index is 1.35. The number of imide groups is 1. The highest BCUT2D eigenvalue weighted by molar-refractivity contribution is 6.06. The summed E-state index contributed by atoms with van der Waals surface area (Å²) in [5, 5.41) is 2.78. The minimum Gasteiger partial charge on any atom is -0.340 e. The van der Waals surface area contributed by atoms with E-state index in [0.29, 0.717) is 0 Å². The van der Waals surface area contributed by atoms with Gasteiger partial charge in [0, 0.05) is 18.6 Å². The Morgan fingerprint density at radius 2 is 1.70 bits per heavy atom. The lowest BCUT2D eigenvalue weighted by Gasteiger charge is -2.36. The zero-order valence-corrected chi connectivity index (χ0v) is 17.7. The molecule has 30 heavy (non-hydrogen) atoms. The third kappa shape index (κ3) is 4.68. The van der Waals surface area contributed by atoms with Gasteiger partial charge in [-0.3, -0.25) is 14.5 Å². The van der Waals surface area contributed by atoms with Crippen molar-refractivity contribution in [1.29, 1.82) is 0 Å². The number of amides is 4. The highest BCUT2D eigenvalue weighted by Gasteiger charge is 2.43. The maximum Gasteiger partial charge on any atom is 0.325 e. The van der Waals surface area contributed by atoms with E-state index >= 15 is 0 Å². The molecule has 2 saturated heterocycles. The van der Waals surface area contributed by atoms with E-state index in [1.807, 2.05) is 23.1 Å². The molecule has 3 fully saturated rings. The molecular formula is C24H33N3O3. The lowest BCUT2D eigenvalue weighted by molar-refractivity contribution is -0.139. The topological polar surface area (TPSA) is 69.7 Å². The van der Waals surface area contributed by atoms with E-state index in [9.17, 15) is 14.4 Å². The zero-order valence-electron chi connectivity index (χ0n) is 17.7. The number of urea groups is 1. The van der Waals surface area contributed by atoms with Crippen molar-refractivity contribution in [2.75, 3.05) is 6.54 Å². The molecule has 2 atom stereocenters. The van der Waals surface area contributed by atoms with Crippen molar-refractivity contribution in [3.8, 4) is 0 Å². The van der Waals surface area contributed by atoms with E-state index in [1.54, 1.807) is 0 Å². The van der Waals surface area contributed by atoms with Crippen LogP contribution in [-0.4, -0.2) is 52.3 Å². The molecule has 6 heteroatoms. The first-order chi connectivity index (χ1) is 14.6. The molecule has 4 amide bonds. The molecule has 6 nitrogen and oxygen atoms in total. The van der Waals surface area contributed by atoms with Gasteiger partial charge in [-0.1, -0.05) is 49.6 Å². The summed E-state index contributed by atoms with van der Waals surface area (Å²) in [4.78, 5) is 41.8. The summed E-state index contributed by atoms with van der Waals surface area (Å²) >= 11 is 0. The van der Waals surface area contributed by atoms with Gasteiger partial charge in [0.15, 0.2) is 0 Å². The van der Waals surface area contributed by atoms with E-state index in [2.05, 4.69) is 17.4 Å². The van der Waals surface area contributed by atoms with Gasteiger partial charge in [-0.25, -0.2) is 4.79 Å². The molecule has 4 rings (SSSR count). The lowest BCUT2D eigenvalue weighted by Crippen LogP contribution is -2.47. The molecule has 1 aromatic rings. The molecule has 0 spiro atoms. The fraction of sp³-hybridized carbons (Fsp3) is 0.625. The smallest absolute Gasteiger partial charge is 0.325 e. The van der Waals surface area contributed by atoms with E-state index in [1.165, 1.54) is 16.9 Å². The zero-order chi connectivity index (χ0) is 20.9. The van der Waals surface area contributed by atoms with Crippen LogP contribution in [-0.2, 0) is 16.0 Å². The van der Waals surface area contributed by atoms with E-state index in [-0.39, 0.29) is 36.3 Å². The van der Waals surface area contributed by atoms with Gasteiger partial charge in [-0.15, -0.1) is 0 Å². The van der Waals surface area contributed by atoms with Gasteiger partial charge in [0.05, 0.1) is 6.42 Å². The van der Waals surface area contributed by atoms with Crippen LogP contribution in [0.4, 0.5) is 4.79 Å². The normalized spacial score (nSPS) is 25.5. The minimum atomic E-state index is -0.705. The molecular weight excluding hydrogens is 378 g/mol. The SMILES string of the molecule is O=C(CC1NC(=O)N(C2CCCCC2)C1=O)N1CCCCC1CCc1ccccc1. The maximum absolute atomic E-state index is 13.1. The monoisotopic (exact) mass is 411 g/mol. The third-order valence-corrected chi connectivity index (χ3v) is 6.93. The number of aryl methyl sites for hydroxylation is 1. The average Bonchev–Trinajstić information content (AvgIpc) is 3.06. The summed E-state index contributed by atoms with van der Waals surface area (Å²) in [7, 11) is 0. The van der Waals surface area contributed by atoms with Crippen LogP contribution < -0.4 is 5.32 Å². The van der Waals surface area contributed by atoms with Crippen molar-refractivity contribution in [3.05, 3.63) is 35.9 Å². The first-order valence-corrected chi connectivity index (χ1v) is 11.6. The Morgan fingerprint density at radius 3 is 2.47 bits per heavy atom. The van der Waals surface area contributed by atoms with Crippen molar-refractivity contribution in [2.45, 2.75) is 88.8 Å². The molecule has 1 aliphatic carbocycles. The maximum atomic E-state index is 13.1. The number of nitrogens with one attached hydrogen (secondary N) is 1. The second-order valence-corrected chi connectivity index (χ2v) is 8.97. The number of hydrogen-bond donors (Lipinski definition) is 1. The Hall–Kier alpha value is -2.37. The van der Waals surface area contributed by atoms with Crippen LogP contribution in [0.3, 0.4) is 0 Å². The summed E-state index contributed by atoms with van der Waals surface area (Å²) in [5.74, 6) is -0.213. The predicted molar refractivity (Wildman–Crippen MR) is 115 cm³/mol. The van der Waals surface area contributed by atoms with Gasteiger partial charge in [0.25, 0.3) is 5.91 Å². The fourth-order valence-corrected chi connectivity index (χ4v) is 5.27. The third-order valence-electron chi connectivity index (χ3n) is 6.93. The first-order valence-electron chi connectivity index (χ1n) is 11.6. The fourth-order valence-electron chi connectivity index (χ4n) is 5.27. The minimum absolute atomic E-state index is 0.0000374. The van der Waals surface area contributed by atoms with Crippen molar-refractivity contribution >= 4 is 17.8 Å². The van der Waals surface area contributed by atoms with Gasteiger partial charge in [0.1, 0.15) is 6.04 Å². The number of hydrogen-bond acceptors (Lipinski definition) is 3. The van der Waals surface area contributed by atoms with Crippen molar-refractivity contribution in [3.63, 3.8) is 0 Å². The van der Waals surface area contributed by atoms with Gasteiger partial charge in [-0.05, 0) is 50.5 Å². The summed E-state index contributed by atoms with van der Waals surface area (Å²) in [6.45, 7) is 0.749. The largest absolute Gasteiger partial charge is 0.340 e. The number of rotatable bonds is 6. The average molecular weight is 412 g/mol. The number of carbonyl (C=O) groups excluding carboxylic acids is 3. The van der Waals surface area contributed by atoms with Crippen LogP contribution in [0.5, 0.6) is 0 Å². The van der Waals surface area contributed by atoms with Crippen molar-refractivity contribution in [1.82, 2.24) is 15.1 Å². The summed E-state index contributed by atoms with van der Waals surface area (Å²) in [6.07, 6.45) is 10.2. The number of piperidine rings is 1. The Bertz CT molecular complexity index is 760. The van der Waals surface area contributed by atoms with Gasteiger partial charge < -0.3 is 10.2 Å². The van der Waals surface area contributed by atoms with Crippen LogP contribution in [0.2, 0.25) is 0 Å². The van der Waals surface area contributed by atoms with Crippen molar-refractivity contribution in [2.24, 2.45) is 0 Å². The number of carbonyl (C=O) groups is 3. The standard InChI is InChI=1S/C24H33N3O3/c28-22(17-21-23(29)27(24(30)25-21)20-12-5-2-6-13-20)26-16-8-7-11-19(26)15-14-18-9-3-1-4-10-18/h1,3-4,9-10,19-21H,2,5-8,11-17H2,(H,25,30). The van der Waals surface area contributed by atoms with E-state index in [0.717, 1.165) is 64.3 Å². The first kappa shape index (κ1) is 20.9. The highest BCUT2D eigenvalue weighted by atomic mass is 16.2. The summed E-state index contributed by atoms with van der Waals surface area (Å²) in [6, 6.07) is 9.56. The second-order valence-electron chi connectivity index (χ2n) is 8.97. The predicted octanol–water partition coefficient (Wildman–Crippen LogP) is 3.64. The van der Waals surface area contributed by atoms with Crippen molar-refractivity contribution < 1.29 is 14.4 Å². The van der Waals surface area contributed by atoms with Crippen LogP contribution in [0, 0.1) is 0 Å². The van der Waals surface area contributed by atoms with E-state index < -0.39 is 6.04 Å². The van der Waals surface area contributed by atoms with Crippen LogP contribution in [0.25, 0.3) is 0 Å². The molecule has 2 unspecified atom stereocenters. The molecule has 0 radical (unpaired) electrons. The molecule has 1 aromatic carbocycles. The van der Waals surface area contributed by atoms with Crippen LogP contribution in [0.1, 0.15) is 69.8 Å². The molecule has 1 N–H and O–H groups in total.